The second kappa shape index (κ2) is 7.93. The Morgan fingerprint density at radius 3 is 2.52 bits per heavy atom. The monoisotopic (exact) mass is 338 g/mol. The van der Waals surface area contributed by atoms with Crippen molar-refractivity contribution in [3.05, 3.63) is 35.4 Å². The van der Waals surface area contributed by atoms with Crippen LogP contribution in [0, 0.1) is 6.92 Å². The molecule has 23 heavy (non-hydrogen) atoms. The van der Waals surface area contributed by atoms with E-state index in [4.69, 9.17) is 0 Å². The average molecular weight is 338 g/mol. The number of amides is 1. The number of benzene rings is 1. The van der Waals surface area contributed by atoms with Gasteiger partial charge < -0.3 is 4.90 Å². The maximum Gasteiger partial charge on any atom is 0.222 e. The molecule has 1 aliphatic heterocycles. The Hall–Kier alpha value is -1.40. The summed E-state index contributed by atoms with van der Waals surface area (Å²) in [6.45, 7) is 5.18. The van der Waals surface area contributed by atoms with Crippen LogP contribution in [-0.2, 0) is 20.6 Å². The van der Waals surface area contributed by atoms with Crippen molar-refractivity contribution in [2.75, 3.05) is 13.1 Å². The van der Waals surface area contributed by atoms with Crippen molar-refractivity contribution >= 4 is 15.9 Å². The van der Waals surface area contributed by atoms with Crippen molar-refractivity contribution in [1.29, 1.82) is 0 Å². The summed E-state index contributed by atoms with van der Waals surface area (Å²) >= 11 is 0. The number of piperidine rings is 1. The van der Waals surface area contributed by atoms with E-state index < -0.39 is 10.0 Å². The first-order valence-corrected chi connectivity index (χ1v) is 9.89. The van der Waals surface area contributed by atoms with Crippen LogP contribution >= 0.6 is 0 Å². The molecule has 1 aromatic rings. The molecule has 1 fully saturated rings. The van der Waals surface area contributed by atoms with Crippen molar-refractivity contribution < 1.29 is 13.2 Å². The van der Waals surface area contributed by atoms with Gasteiger partial charge in [0.2, 0.25) is 15.9 Å². The highest BCUT2D eigenvalue weighted by Crippen LogP contribution is 2.15. The van der Waals surface area contributed by atoms with Crippen LogP contribution in [-0.4, -0.2) is 38.4 Å². The first-order chi connectivity index (χ1) is 10.9. The number of carbonyl (C=O) groups is 1. The fraction of sp³-hybridized carbons (Fsp3) is 0.588. The lowest BCUT2D eigenvalue weighted by atomic mass is 10.1. The van der Waals surface area contributed by atoms with E-state index in [0.717, 1.165) is 17.5 Å². The minimum atomic E-state index is -3.36. The quantitative estimate of drug-likeness (QED) is 0.865. The predicted octanol–water partition coefficient (Wildman–Crippen LogP) is 2.21. The van der Waals surface area contributed by atoms with E-state index in [2.05, 4.69) is 4.72 Å². The maximum absolute atomic E-state index is 12.3. The van der Waals surface area contributed by atoms with Gasteiger partial charge in [-0.15, -0.1) is 0 Å². The number of hydrogen-bond donors (Lipinski definition) is 1. The highest BCUT2D eigenvalue weighted by molar-refractivity contribution is 7.88. The molecule has 0 aromatic heterocycles. The third-order valence-electron chi connectivity index (χ3n) is 4.26. The van der Waals surface area contributed by atoms with Gasteiger partial charge in [-0.3, -0.25) is 4.79 Å². The number of nitrogens with zero attached hydrogens (tertiary/aromatic N) is 1. The van der Waals surface area contributed by atoms with Gasteiger partial charge >= 0.3 is 0 Å². The van der Waals surface area contributed by atoms with Crippen molar-refractivity contribution in [2.24, 2.45) is 0 Å². The molecule has 6 heteroatoms. The molecule has 5 nitrogen and oxygen atoms in total. The Kier molecular flexibility index (Phi) is 6.18. The van der Waals surface area contributed by atoms with Gasteiger partial charge in [-0.1, -0.05) is 31.2 Å². The molecule has 0 aliphatic carbocycles. The normalized spacial score (nSPS) is 16.5. The van der Waals surface area contributed by atoms with Crippen LogP contribution in [0.3, 0.4) is 0 Å². The van der Waals surface area contributed by atoms with Gasteiger partial charge in [0.1, 0.15) is 0 Å². The van der Waals surface area contributed by atoms with E-state index in [1.807, 2.05) is 43.0 Å². The zero-order chi connectivity index (χ0) is 16.9. The summed E-state index contributed by atoms with van der Waals surface area (Å²) in [5.74, 6) is 0.183. The second-order valence-electron chi connectivity index (χ2n) is 6.21. The van der Waals surface area contributed by atoms with E-state index >= 15 is 0 Å². The predicted molar refractivity (Wildman–Crippen MR) is 91.4 cm³/mol. The molecule has 1 heterocycles. The van der Waals surface area contributed by atoms with Gasteiger partial charge in [0.05, 0.1) is 5.75 Å². The van der Waals surface area contributed by atoms with Crippen LogP contribution in [0.2, 0.25) is 0 Å². The third kappa shape index (κ3) is 5.32. The molecular weight excluding hydrogens is 312 g/mol. The molecule has 0 unspecified atom stereocenters. The molecule has 1 amide bonds. The fourth-order valence-corrected chi connectivity index (χ4v) is 4.45. The molecule has 1 aromatic carbocycles. The lowest BCUT2D eigenvalue weighted by Gasteiger charge is -2.32. The van der Waals surface area contributed by atoms with Gasteiger partial charge in [-0.2, -0.15) is 0 Å². The van der Waals surface area contributed by atoms with Crippen molar-refractivity contribution in [3.8, 4) is 0 Å². The summed E-state index contributed by atoms with van der Waals surface area (Å²) in [6.07, 6.45) is 2.79. The molecule has 0 radical (unpaired) electrons. The molecule has 128 valence electrons. The lowest BCUT2D eigenvalue weighted by Crippen LogP contribution is -2.46. The van der Waals surface area contributed by atoms with Gasteiger partial charge in [0.25, 0.3) is 0 Å². The summed E-state index contributed by atoms with van der Waals surface area (Å²) in [4.78, 5) is 13.7. The SMILES string of the molecule is CCCC(=O)N1CCC(NS(=O)(=O)Cc2ccccc2C)CC1. The second-order valence-corrected chi connectivity index (χ2v) is 7.96. The Morgan fingerprint density at radius 1 is 1.26 bits per heavy atom. The lowest BCUT2D eigenvalue weighted by molar-refractivity contribution is -0.132. The van der Waals surface area contributed by atoms with Crippen LogP contribution < -0.4 is 4.72 Å². The molecule has 1 aliphatic rings. The minimum Gasteiger partial charge on any atom is -0.343 e. The number of carbonyl (C=O) groups excluding carboxylic acids is 1. The molecule has 1 saturated heterocycles. The highest BCUT2D eigenvalue weighted by atomic mass is 32.2. The van der Waals surface area contributed by atoms with Crippen molar-refractivity contribution in [2.45, 2.75) is 51.3 Å². The molecule has 2 rings (SSSR count). The van der Waals surface area contributed by atoms with E-state index in [1.54, 1.807) is 0 Å². The van der Waals surface area contributed by atoms with Crippen LogP contribution in [0.1, 0.15) is 43.7 Å². The van der Waals surface area contributed by atoms with Gasteiger partial charge in [-0.05, 0) is 37.3 Å². The summed E-state index contributed by atoms with van der Waals surface area (Å²) in [6, 6.07) is 7.45. The van der Waals surface area contributed by atoms with Crippen LogP contribution in [0.15, 0.2) is 24.3 Å². The zero-order valence-corrected chi connectivity index (χ0v) is 14.7. The van der Waals surface area contributed by atoms with E-state index in [9.17, 15) is 13.2 Å². The van der Waals surface area contributed by atoms with Crippen LogP contribution in [0.5, 0.6) is 0 Å². The third-order valence-corrected chi connectivity index (χ3v) is 5.65. The maximum atomic E-state index is 12.3. The Labute approximate surface area is 139 Å². The first kappa shape index (κ1) is 17.9. The van der Waals surface area contributed by atoms with Crippen LogP contribution in [0.25, 0.3) is 0 Å². The zero-order valence-electron chi connectivity index (χ0n) is 13.9. The van der Waals surface area contributed by atoms with Gasteiger partial charge in [0.15, 0.2) is 0 Å². The largest absolute Gasteiger partial charge is 0.343 e. The smallest absolute Gasteiger partial charge is 0.222 e. The highest BCUT2D eigenvalue weighted by Gasteiger charge is 2.25. The van der Waals surface area contributed by atoms with Gasteiger partial charge in [-0.25, -0.2) is 13.1 Å². The fourth-order valence-electron chi connectivity index (χ4n) is 2.89. The topological polar surface area (TPSA) is 66.5 Å². The summed E-state index contributed by atoms with van der Waals surface area (Å²) in [7, 11) is -3.36. The molecule has 0 spiro atoms. The average Bonchev–Trinajstić information content (AvgIpc) is 2.50. The molecular formula is C17H26N2O3S. The van der Waals surface area contributed by atoms with Crippen LogP contribution in [0.4, 0.5) is 0 Å². The number of rotatable bonds is 6. The summed E-state index contributed by atoms with van der Waals surface area (Å²) in [5.41, 5.74) is 1.81. The minimum absolute atomic E-state index is 0.00858. The molecule has 0 bridgehead atoms. The summed E-state index contributed by atoms with van der Waals surface area (Å²) in [5, 5.41) is 0. The first-order valence-electron chi connectivity index (χ1n) is 8.23. The molecule has 0 atom stereocenters. The number of likely N-dealkylation sites (tertiary alicyclic amines) is 1. The van der Waals surface area contributed by atoms with E-state index in [1.165, 1.54) is 0 Å². The number of nitrogens with one attached hydrogen (secondary N) is 1. The van der Waals surface area contributed by atoms with E-state index in [-0.39, 0.29) is 17.7 Å². The molecule has 0 saturated carbocycles. The summed E-state index contributed by atoms with van der Waals surface area (Å²) < 4.78 is 27.5. The van der Waals surface area contributed by atoms with Crippen molar-refractivity contribution in [3.63, 3.8) is 0 Å². The van der Waals surface area contributed by atoms with Crippen molar-refractivity contribution in [1.82, 2.24) is 9.62 Å². The van der Waals surface area contributed by atoms with Gasteiger partial charge in [0, 0.05) is 25.6 Å². The van der Waals surface area contributed by atoms with E-state index in [0.29, 0.717) is 32.4 Å². The standard InChI is InChI=1S/C17H26N2O3S/c1-3-6-17(20)19-11-9-16(10-12-19)18-23(21,22)13-15-8-5-4-7-14(15)2/h4-5,7-8,16,18H,3,6,9-13H2,1-2H3. The Morgan fingerprint density at radius 2 is 1.91 bits per heavy atom. The number of aryl methyl sites for hydroxylation is 1. The Bertz CT molecular complexity index is 635. The molecule has 1 N–H and O–H groups in total. The number of sulfonamides is 1. The Balaban J connectivity index is 1.88. The number of hydrogen-bond acceptors (Lipinski definition) is 3.